The Morgan fingerprint density at radius 2 is 1.39 bits per heavy atom. The quantitative estimate of drug-likeness (QED) is 0.312. The molecule has 0 saturated heterocycles. The fraction of sp³-hybridized carbons (Fsp3) is 0. The lowest BCUT2D eigenvalue weighted by Crippen LogP contribution is -1.94. The Kier molecular flexibility index (Phi) is 4.10. The van der Waals surface area contributed by atoms with Crippen molar-refractivity contribution in [2.75, 3.05) is 0 Å². The van der Waals surface area contributed by atoms with Crippen molar-refractivity contribution >= 4 is 21.5 Å². The van der Waals surface area contributed by atoms with E-state index in [2.05, 4.69) is 101 Å². The van der Waals surface area contributed by atoms with Crippen molar-refractivity contribution in [3.05, 3.63) is 110 Å². The Bertz CT molecular complexity index is 1530. The molecule has 0 aliphatic rings. The molecular formula is C28H18N2O. The lowest BCUT2D eigenvalue weighted by molar-refractivity contribution is 0.572. The molecule has 0 unspecified atom stereocenters. The van der Waals surface area contributed by atoms with E-state index in [4.69, 9.17) is 4.42 Å². The number of rotatable bonds is 3. The summed E-state index contributed by atoms with van der Waals surface area (Å²) in [6, 6.07) is 31.9. The van der Waals surface area contributed by atoms with E-state index in [0.717, 1.165) is 27.9 Å². The largest absolute Gasteiger partial charge is 0.443 e. The zero-order valence-corrected chi connectivity index (χ0v) is 16.7. The van der Waals surface area contributed by atoms with Crippen molar-refractivity contribution in [3.63, 3.8) is 0 Å². The Labute approximate surface area is 179 Å². The van der Waals surface area contributed by atoms with E-state index in [1.807, 2.05) is 6.20 Å². The maximum atomic E-state index is 5.67. The van der Waals surface area contributed by atoms with Gasteiger partial charge in [-0.3, -0.25) is 4.98 Å². The molecule has 3 heteroatoms. The normalized spacial score (nSPS) is 11.2. The molecule has 0 aliphatic carbocycles. The second kappa shape index (κ2) is 7.22. The Balaban J connectivity index is 1.70. The topological polar surface area (TPSA) is 38.9 Å². The maximum absolute atomic E-state index is 5.67. The molecule has 31 heavy (non-hydrogen) atoms. The molecule has 0 fully saturated rings. The van der Waals surface area contributed by atoms with Crippen LogP contribution >= 0.6 is 0 Å². The minimum atomic E-state index is 0.519. The number of benzene rings is 4. The van der Waals surface area contributed by atoms with Crippen molar-refractivity contribution < 1.29 is 4.42 Å². The smallest absolute Gasteiger partial charge is 0.245 e. The summed E-state index contributed by atoms with van der Waals surface area (Å²) in [5.41, 5.74) is 5.12. The molecule has 6 rings (SSSR count). The summed E-state index contributed by atoms with van der Waals surface area (Å²) in [5, 5.41) is 4.81. The van der Waals surface area contributed by atoms with E-state index < -0.39 is 0 Å². The van der Waals surface area contributed by atoms with Crippen molar-refractivity contribution in [2.45, 2.75) is 0 Å². The number of hydrogen-bond donors (Lipinski definition) is 0. The molecule has 146 valence electrons. The third-order valence-electron chi connectivity index (χ3n) is 5.70. The van der Waals surface area contributed by atoms with E-state index in [9.17, 15) is 0 Å². The molecule has 0 amide bonds. The molecule has 0 atom stereocenters. The Morgan fingerprint density at radius 1 is 0.581 bits per heavy atom. The van der Waals surface area contributed by atoms with Crippen LogP contribution < -0.4 is 0 Å². The zero-order valence-electron chi connectivity index (χ0n) is 16.7. The van der Waals surface area contributed by atoms with Crippen molar-refractivity contribution in [1.82, 2.24) is 9.97 Å². The minimum Gasteiger partial charge on any atom is -0.443 e. The predicted molar refractivity (Wildman–Crippen MR) is 126 cm³/mol. The fourth-order valence-corrected chi connectivity index (χ4v) is 4.29. The van der Waals surface area contributed by atoms with Gasteiger partial charge in [0.1, 0.15) is 12.0 Å². The second-order valence-electron chi connectivity index (χ2n) is 7.51. The van der Waals surface area contributed by atoms with Gasteiger partial charge in [-0.2, -0.15) is 0 Å². The van der Waals surface area contributed by atoms with Gasteiger partial charge in [0.05, 0.1) is 6.20 Å². The minimum absolute atomic E-state index is 0.519. The highest BCUT2D eigenvalue weighted by Gasteiger charge is 2.19. The predicted octanol–water partition coefficient (Wildman–Crippen LogP) is 7.38. The first-order valence-electron chi connectivity index (χ1n) is 10.2. The first-order valence-corrected chi connectivity index (χ1v) is 10.2. The average Bonchev–Trinajstić information content (AvgIpc) is 3.38. The van der Waals surface area contributed by atoms with Crippen molar-refractivity contribution in [1.29, 1.82) is 0 Å². The van der Waals surface area contributed by atoms with Crippen LogP contribution in [0.25, 0.3) is 55.4 Å². The van der Waals surface area contributed by atoms with Crippen LogP contribution in [0.1, 0.15) is 0 Å². The van der Waals surface area contributed by atoms with Crippen molar-refractivity contribution in [3.8, 4) is 33.8 Å². The van der Waals surface area contributed by atoms with E-state index in [1.54, 1.807) is 12.5 Å². The van der Waals surface area contributed by atoms with Gasteiger partial charge in [-0.1, -0.05) is 78.9 Å². The van der Waals surface area contributed by atoms with Gasteiger partial charge < -0.3 is 4.42 Å². The first kappa shape index (κ1) is 17.6. The molecule has 6 aromatic rings. The summed E-state index contributed by atoms with van der Waals surface area (Å²) in [4.78, 5) is 9.09. The van der Waals surface area contributed by atoms with Crippen LogP contribution in [0.15, 0.2) is 114 Å². The van der Waals surface area contributed by atoms with E-state index >= 15 is 0 Å². The third kappa shape index (κ3) is 2.99. The van der Waals surface area contributed by atoms with Gasteiger partial charge in [-0.05, 0) is 50.4 Å². The molecule has 2 aromatic heterocycles. The van der Waals surface area contributed by atoms with E-state index in [0.29, 0.717) is 5.89 Å². The monoisotopic (exact) mass is 398 g/mol. The zero-order chi connectivity index (χ0) is 20.6. The van der Waals surface area contributed by atoms with Crippen molar-refractivity contribution in [2.24, 2.45) is 0 Å². The highest BCUT2D eigenvalue weighted by molar-refractivity contribution is 6.03. The molecule has 0 spiro atoms. The van der Waals surface area contributed by atoms with E-state index in [-0.39, 0.29) is 0 Å². The molecule has 2 heterocycles. The number of oxazole rings is 1. The molecule has 0 saturated carbocycles. The van der Waals surface area contributed by atoms with Crippen LogP contribution in [0.3, 0.4) is 0 Å². The molecular weight excluding hydrogens is 380 g/mol. The van der Waals surface area contributed by atoms with Gasteiger partial charge in [0.2, 0.25) is 5.89 Å². The lowest BCUT2D eigenvalue weighted by Gasteiger charge is -2.15. The molecule has 0 radical (unpaired) electrons. The summed E-state index contributed by atoms with van der Waals surface area (Å²) < 4.78 is 5.67. The van der Waals surface area contributed by atoms with Crippen LogP contribution in [-0.4, -0.2) is 9.97 Å². The number of nitrogens with zero attached hydrogens (tertiary/aromatic N) is 2. The summed E-state index contributed by atoms with van der Waals surface area (Å²) in [7, 11) is 0. The summed E-state index contributed by atoms with van der Waals surface area (Å²) in [6.07, 6.45) is 5.08. The molecule has 0 N–H and O–H groups in total. The number of hydrogen-bond acceptors (Lipinski definition) is 3. The SMILES string of the molecule is c1ccc2cc(-c3c(-c4cccc5ccccc45)ccnc3-c3ncco3)ccc2c1. The van der Waals surface area contributed by atoms with Crippen LogP contribution in [0, 0.1) is 0 Å². The Hall–Kier alpha value is -4.24. The van der Waals surface area contributed by atoms with Gasteiger partial charge in [0, 0.05) is 11.8 Å². The maximum Gasteiger partial charge on any atom is 0.245 e. The summed E-state index contributed by atoms with van der Waals surface area (Å²) >= 11 is 0. The number of pyridine rings is 1. The second-order valence-corrected chi connectivity index (χ2v) is 7.51. The third-order valence-corrected chi connectivity index (χ3v) is 5.70. The standard InChI is InChI=1S/C28H18N2O/c1-2-8-21-18-22(13-12-19(21)6-1)26-25(14-15-29-27(26)28-30-16-17-31-28)24-11-5-9-20-7-3-4-10-23(20)24/h1-18H. The Morgan fingerprint density at radius 3 is 2.26 bits per heavy atom. The number of fused-ring (bicyclic) bond motifs is 2. The van der Waals surface area contributed by atoms with Gasteiger partial charge in [-0.25, -0.2) is 4.98 Å². The fourth-order valence-electron chi connectivity index (χ4n) is 4.29. The summed E-state index contributed by atoms with van der Waals surface area (Å²) in [6.45, 7) is 0. The van der Waals surface area contributed by atoms with Gasteiger partial charge >= 0.3 is 0 Å². The highest BCUT2D eigenvalue weighted by Crippen LogP contribution is 2.41. The molecule has 4 aromatic carbocycles. The van der Waals surface area contributed by atoms with Crippen LogP contribution in [-0.2, 0) is 0 Å². The lowest BCUT2D eigenvalue weighted by atomic mass is 9.90. The highest BCUT2D eigenvalue weighted by atomic mass is 16.3. The van der Waals surface area contributed by atoms with Crippen LogP contribution in [0.4, 0.5) is 0 Å². The van der Waals surface area contributed by atoms with Gasteiger partial charge in [-0.15, -0.1) is 0 Å². The average molecular weight is 398 g/mol. The first-order chi connectivity index (χ1) is 15.4. The van der Waals surface area contributed by atoms with Crippen LogP contribution in [0.5, 0.6) is 0 Å². The van der Waals surface area contributed by atoms with E-state index in [1.165, 1.54) is 21.5 Å². The number of aromatic nitrogens is 2. The van der Waals surface area contributed by atoms with Crippen LogP contribution in [0.2, 0.25) is 0 Å². The molecule has 3 nitrogen and oxygen atoms in total. The molecule has 0 bridgehead atoms. The van der Waals surface area contributed by atoms with Gasteiger partial charge in [0.25, 0.3) is 0 Å². The summed E-state index contributed by atoms with van der Waals surface area (Å²) in [5.74, 6) is 0.519. The molecule has 0 aliphatic heterocycles. The van der Waals surface area contributed by atoms with Gasteiger partial charge in [0.15, 0.2) is 0 Å².